The monoisotopic (exact) mass is 280 g/mol. The lowest BCUT2D eigenvalue weighted by Gasteiger charge is -2.07. The molecule has 2 rings (SSSR count). The fraction of sp³-hybridized carbons (Fsp3) is 0.0769. The number of halogens is 3. The van der Waals surface area contributed by atoms with Gasteiger partial charge in [0.1, 0.15) is 0 Å². The highest BCUT2D eigenvalue weighted by atomic mass is 35.5. The SMILES string of the molecule is N#CCc1ccc(F)nc1-c1ccc(Cl)c(Cl)c1. The average molecular weight is 281 g/mol. The Labute approximate surface area is 114 Å². The zero-order valence-electron chi connectivity index (χ0n) is 9.12. The van der Waals surface area contributed by atoms with Gasteiger partial charge in [0.05, 0.1) is 28.2 Å². The Bertz CT molecular complexity index is 635. The largest absolute Gasteiger partial charge is 0.219 e. The van der Waals surface area contributed by atoms with Crippen molar-refractivity contribution in [1.29, 1.82) is 5.26 Å². The van der Waals surface area contributed by atoms with Gasteiger partial charge in [-0.05, 0) is 23.8 Å². The molecule has 2 nitrogen and oxygen atoms in total. The smallest absolute Gasteiger partial charge is 0.213 e. The van der Waals surface area contributed by atoms with Gasteiger partial charge in [-0.1, -0.05) is 35.3 Å². The van der Waals surface area contributed by atoms with Crippen molar-refractivity contribution in [3.63, 3.8) is 0 Å². The lowest BCUT2D eigenvalue weighted by molar-refractivity contribution is 0.584. The van der Waals surface area contributed by atoms with E-state index in [1.807, 2.05) is 6.07 Å². The molecule has 1 aromatic carbocycles. The molecule has 0 fully saturated rings. The van der Waals surface area contributed by atoms with Crippen LogP contribution in [0.1, 0.15) is 5.56 Å². The summed E-state index contributed by atoms with van der Waals surface area (Å²) in [7, 11) is 0. The third-order valence-corrected chi connectivity index (χ3v) is 3.15. The molecule has 1 heterocycles. The second-order valence-corrected chi connectivity index (χ2v) is 4.42. The highest BCUT2D eigenvalue weighted by molar-refractivity contribution is 6.42. The van der Waals surface area contributed by atoms with Crippen LogP contribution < -0.4 is 0 Å². The van der Waals surface area contributed by atoms with Gasteiger partial charge in [0.2, 0.25) is 5.95 Å². The first-order chi connectivity index (χ1) is 8.61. The number of rotatable bonds is 2. The van der Waals surface area contributed by atoms with Gasteiger partial charge in [-0.25, -0.2) is 4.98 Å². The summed E-state index contributed by atoms with van der Waals surface area (Å²) in [5, 5.41) is 9.52. The van der Waals surface area contributed by atoms with Gasteiger partial charge in [-0.3, -0.25) is 0 Å². The molecule has 0 amide bonds. The third kappa shape index (κ3) is 2.61. The second kappa shape index (κ2) is 5.34. The lowest BCUT2D eigenvalue weighted by atomic mass is 10.0. The van der Waals surface area contributed by atoms with E-state index in [1.54, 1.807) is 24.3 Å². The lowest BCUT2D eigenvalue weighted by Crippen LogP contribution is -1.95. The Morgan fingerprint density at radius 1 is 1.17 bits per heavy atom. The molecular weight excluding hydrogens is 274 g/mol. The van der Waals surface area contributed by atoms with Crippen molar-refractivity contribution in [3.05, 3.63) is 51.9 Å². The van der Waals surface area contributed by atoms with Gasteiger partial charge in [0, 0.05) is 5.56 Å². The van der Waals surface area contributed by atoms with Gasteiger partial charge >= 0.3 is 0 Å². The third-order valence-electron chi connectivity index (χ3n) is 2.41. The number of hydrogen-bond acceptors (Lipinski definition) is 2. The Kier molecular flexibility index (Phi) is 3.81. The van der Waals surface area contributed by atoms with Crippen molar-refractivity contribution in [1.82, 2.24) is 4.98 Å². The van der Waals surface area contributed by atoms with Crippen molar-refractivity contribution in [2.75, 3.05) is 0 Å². The predicted octanol–water partition coefficient (Wildman–Crippen LogP) is 4.26. The molecule has 0 aliphatic carbocycles. The van der Waals surface area contributed by atoms with Crippen LogP contribution in [0.4, 0.5) is 4.39 Å². The molecule has 0 spiro atoms. The molecule has 0 radical (unpaired) electrons. The molecule has 2 aromatic rings. The van der Waals surface area contributed by atoms with Crippen LogP contribution in [0.5, 0.6) is 0 Å². The van der Waals surface area contributed by atoms with E-state index in [0.29, 0.717) is 26.9 Å². The fourth-order valence-corrected chi connectivity index (χ4v) is 1.88. The highest BCUT2D eigenvalue weighted by Crippen LogP contribution is 2.29. The van der Waals surface area contributed by atoms with Crippen LogP contribution in [0, 0.1) is 17.3 Å². The molecular formula is C13H7Cl2FN2. The van der Waals surface area contributed by atoms with Crippen molar-refractivity contribution >= 4 is 23.2 Å². The molecule has 18 heavy (non-hydrogen) atoms. The summed E-state index contributed by atoms with van der Waals surface area (Å²) in [6.45, 7) is 0. The Morgan fingerprint density at radius 2 is 1.94 bits per heavy atom. The number of hydrogen-bond donors (Lipinski definition) is 0. The van der Waals surface area contributed by atoms with Crippen LogP contribution in [0.2, 0.25) is 10.0 Å². The molecule has 0 saturated carbocycles. The quantitative estimate of drug-likeness (QED) is 0.771. The molecule has 5 heteroatoms. The minimum atomic E-state index is -0.599. The maximum absolute atomic E-state index is 13.2. The Balaban J connectivity index is 2.58. The van der Waals surface area contributed by atoms with Crippen molar-refractivity contribution < 1.29 is 4.39 Å². The van der Waals surface area contributed by atoms with Crippen LogP contribution >= 0.6 is 23.2 Å². The van der Waals surface area contributed by atoms with Gasteiger partial charge in [0.25, 0.3) is 0 Å². The number of pyridine rings is 1. The molecule has 90 valence electrons. The summed E-state index contributed by atoms with van der Waals surface area (Å²) < 4.78 is 13.2. The maximum Gasteiger partial charge on any atom is 0.213 e. The molecule has 0 unspecified atom stereocenters. The first-order valence-corrected chi connectivity index (χ1v) is 5.85. The van der Waals surface area contributed by atoms with Crippen LogP contribution in [-0.2, 0) is 6.42 Å². The number of nitrogens with zero attached hydrogens (tertiary/aromatic N) is 2. The summed E-state index contributed by atoms with van der Waals surface area (Å²) in [6.07, 6.45) is 0.156. The van der Waals surface area contributed by atoms with Crippen LogP contribution in [0.15, 0.2) is 30.3 Å². The maximum atomic E-state index is 13.2. The topological polar surface area (TPSA) is 36.7 Å². The zero-order valence-corrected chi connectivity index (χ0v) is 10.6. The highest BCUT2D eigenvalue weighted by Gasteiger charge is 2.10. The molecule has 0 bridgehead atoms. The summed E-state index contributed by atoms with van der Waals surface area (Å²) in [5.41, 5.74) is 1.70. The van der Waals surface area contributed by atoms with Gasteiger partial charge in [0.15, 0.2) is 0 Å². The Morgan fingerprint density at radius 3 is 2.61 bits per heavy atom. The van der Waals surface area contributed by atoms with Crippen molar-refractivity contribution in [2.45, 2.75) is 6.42 Å². The summed E-state index contributed by atoms with van der Waals surface area (Å²) in [4.78, 5) is 3.81. The molecule has 0 atom stereocenters. The van der Waals surface area contributed by atoms with E-state index in [9.17, 15) is 4.39 Å². The van der Waals surface area contributed by atoms with E-state index in [-0.39, 0.29) is 6.42 Å². The van der Waals surface area contributed by atoms with E-state index in [0.717, 1.165) is 0 Å². The zero-order chi connectivity index (χ0) is 13.1. The summed E-state index contributed by atoms with van der Waals surface area (Å²) in [6, 6.07) is 9.70. The van der Waals surface area contributed by atoms with Crippen molar-refractivity contribution in [2.24, 2.45) is 0 Å². The summed E-state index contributed by atoms with van der Waals surface area (Å²) >= 11 is 11.7. The number of aromatic nitrogens is 1. The minimum absolute atomic E-state index is 0.156. The second-order valence-electron chi connectivity index (χ2n) is 3.61. The van der Waals surface area contributed by atoms with E-state index in [4.69, 9.17) is 28.5 Å². The van der Waals surface area contributed by atoms with Crippen LogP contribution in [-0.4, -0.2) is 4.98 Å². The van der Waals surface area contributed by atoms with Gasteiger partial charge in [-0.15, -0.1) is 0 Å². The van der Waals surface area contributed by atoms with Crippen LogP contribution in [0.25, 0.3) is 11.3 Å². The Hall–Kier alpha value is -1.63. The van der Waals surface area contributed by atoms with Gasteiger partial charge in [-0.2, -0.15) is 9.65 Å². The number of nitriles is 1. The van der Waals surface area contributed by atoms with E-state index >= 15 is 0 Å². The molecule has 0 N–H and O–H groups in total. The van der Waals surface area contributed by atoms with E-state index < -0.39 is 5.95 Å². The average Bonchev–Trinajstić information content (AvgIpc) is 2.35. The standard InChI is InChI=1S/C13H7Cl2FN2/c14-10-3-1-9(7-11(10)15)13-8(5-6-17)2-4-12(16)18-13/h1-4,7H,5H2. The number of benzene rings is 1. The predicted molar refractivity (Wildman–Crippen MR) is 69.0 cm³/mol. The molecule has 0 saturated heterocycles. The summed E-state index contributed by atoms with van der Waals surface area (Å²) in [5.74, 6) is -0.599. The molecule has 1 aromatic heterocycles. The van der Waals surface area contributed by atoms with E-state index in [2.05, 4.69) is 4.98 Å². The van der Waals surface area contributed by atoms with Crippen molar-refractivity contribution in [3.8, 4) is 17.3 Å². The van der Waals surface area contributed by atoms with E-state index in [1.165, 1.54) is 6.07 Å². The molecule has 0 aliphatic rings. The first kappa shape index (κ1) is 12.8. The minimum Gasteiger partial charge on any atom is -0.219 e. The fourth-order valence-electron chi connectivity index (χ4n) is 1.59. The molecule has 0 aliphatic heterocycles. The van der Waals surface area contributed by atoms with Crippen LogP contribution in [0.3, 0.4) is 0 Å². The normalized spacial score (nSPS) is 10.1. The first-order valence-electron chi connectivity index (χ1n) is 5.09. The van der Waals surface area contributed by atoms with Gasteiger partial charge < -0.3 is 0 Å².